The maximum Gasteiger partial charge on any atom is 0.220 e. The number of amides is 1. The first-order valence-corrected chi connectivity index (χ1v) is 12.1. The van der Waals surface area contributed by atoms with Gasteiger partial charge < -0.3 is 25.4 Å². The van der Waals surface area contributed by atoms with Gasteiger partial charge in [-0.2, -0.15) is 0 Å². The van der Waals surface area contributed by atoms with Gasteiger partial charge in [-0.3, -0.25) is 4.79 Å². The summed E-state index contributed by atoms with van der Waals surface area (Å²) >= 11 is 0. The van der Waals surface area contributed by atoms with Crippen LogP contribution in [0.4, 0.5) is 0 Å². The Bertz CT molecular complexity index is 886. The van der Waals surface area contributed by atoms with Crippen LogP contribution in [0.2, 0.25) is 0 Å². The van der Waals surface area contributed by atoms with Gasteiger partial charge in [0.15, 0.2) is 0 Å². The summed E-state index contributed by atoms with van der Waals surface area (Å²) in [6.07, 6.45) is 6.24. The highest BCUT2D eigenvalue weighted by Crippen LogP contribution is 2.52. The van der Waals surface area contributed by atoms with Gasteiger partial charge in [0.2, 0.25) is 5.91 Å². The Labute approximate surface area is 197 Å². The predicted molar refractivity (Wildman–Crippen MR) is 128 cm³/mol. The van der Waals surface area contributed by atoms with E-state index in [2.05, 4.69) is 23.2 Å². The number of aliphatic hydroxyl groups is 3. The Hall–Kier alpha value is -2.33. The van der Waals surface area contributed by atoms with E-state index in [4.69, 9.17) is 9.84 Å². The quantitative estimate of drug-likeness (QED) is 0.234. The van der Waals surface area contributed by atoms with Crippen molar-refractivity contribution in [2.75, 3.05) is 13.2 Å². The summed E-state index contributed by atoms with van der Waals surface area (Å²) in [5, 5.41) is 32.8. The number of carbonyl (C=O) groups excluding carboxylic acids is 1. The summed E-state index contributed by atoms with van der Waals surface area (Å²) in [7, 11) is 0. The zero-order valence-corrected chi connectivity index (χ0v) is 19.7. The monoisotopic (exact) mass is 455 g/mol. The summed E-state index contributed by atoms with van der Waals surface area (Å²) in [6, 6.07) is 6.14. The molecule has 1 aliphatic heterocycles. The molecule has 4 N–H and O–H groups in total. The molecule has 1 aromatic rings. The lowest BCUT2D eigenvalue weighted by atomic mass is 9.86. The second-order valence-electron chi connectivity index (χ2n) is 9.16. The van der Waals surface area contributed by atoms with Gasteiger partial charge in [0.25, 0.3) is 0 Å². The Balaban J connectivity index is 1.64. The Morgan fingerprint density at radius 2 is 2.18 bits per heavy atom. The number of hydrogen-bond donors (Lipinski definition) is 4. The van der Waals surface area contributed by atoms with E-state index < -0.39 is 12.2 Å². The molecule has 0 spiro atoms. The molecule has 6 nitrogen and oxygen atoms in total. The molecule has 0 aromatic heterocycles. The standard InChI is InChI=1S/C27H37NO5/c1-3-4-8-18(2)22(30)14-13-20-23(31)17-24-26(20)21-11-5-9-19(27(21)33-24)10-6-12-25(32)28-15-7-16-29/h5,9,11,13-14,18,20,22-24,26,29-31H,6-8,10,12,15-17H2,1-2H3,(H,28,32)/t18-,20+,22-,23-,24+,26+/m1/s1. The summed E-state index contributed by atoms with van der Waals surface area (Å²) < 4.78 is 6.30. The van der Waals surface area contributed by atoms with Crippen LogP contribution in [0.25, 0.3) is 0 Å². The molecule has 1 aliphatic carbocycles. The number of ether oxygens (including phenoxy) is 1. The van der Waals surface area contributed by atoms with Crippen molar-refractivity contribution in [3.63, 3.8) is 0 Å². The Morgan fingerprint density at radius 3 is 2.94 bits per heavy atom. The van der Waals surface area contributed by atoms with Crippen LogP contribution in [0.3, 0.4) is 0 Å². The predicted octanol–water partition coefficient (Wildman–Crippen LogP) is 2.70. The molecular formula is C27H37NO5. The minimum Gasteiger partial charge on any atom is -0.489 e. The summed E-state index contributed by atoms with van der Waals surface area (Å²) in [6.45, 7) is 4.34. The molecule has 1 heterocycles. The topological polar surface area (TPSA) is 99.0 Å². The average Bonchev–Trinajstić information content (AvgIpc) is 3.31. The zero-order valence-electron chi connectivity index (χ0n) is 19.7. The molecular weight excluding hydrogens is 418 g/mol. The van der Waals surface area contributed by atoms with E-state index in [1.54, 1.807) is 13.0 Å². The molecule has 33 heavy (non-hydrogen) atoms. The zero-order chi connectivity index (χ0) is 23.8. The highest BCUT2D eigenvalue weighted by Gasteiger charge is 2.48. The number of rotatable bonds is 11. The Morgan fingerprint density at radius 1 is 1.36 bits per heavy atom. The first-order valence-electron chi connectivity index (χ1n) is 12.1. The van der Waals surface area contributed by atoms with Crippen molar-refractivity contribution < 1.29 is 24.9 Å². The van der Waals surface area contributed by atoms with Crippen LogP contribution in [0, 0.1) is 23.7 Å². The number of benzene rings is 1. The number of aryl methyl sites for hydroxylation is 1. The largest absolute Gasteiger partial charge is 0.489 e. The van der Waals surface area contributed by atoms with Crippen molar-refractivity contribution in [3.05, 3.63) is 41.5 Å². The van der Waals surface area contributed by atoms with E-state index >= 15 is 0 Å². The van der Waals surface area contributed by atoms with Gasteiger partial charge in [0, 0.05) is 49.8 Å². The van der Waals surface area contributed by atoms with E-state index in [1.807, 2.05) is 25.1 Å². The highest BCUT2D eigenvalue weighted by molar-refractivity contribution is 5.75. The van der Waals surface area contributed by atoms with E-state index in [0.29, 0.717) is 32.2 Å². The van der Waals surface area contributed by atoms with Crippen molar-refractivity contribution in [3.8, 4) is 17.6 Å². The van der Waals surface area contributed by atoms with Crippen LogP contribution < -0.4 is 10.1 Å². The number of fused-ring (bicyclic) bond motifs is 3. The van der Waals surface area contributed by atoms with Crippen LogP contribution in [0.15, 0.2) is 30.4 Å². The maximum absolute atomic E-state index is 11.9. The minimum absolute atomic E-state index is 0.000146. The normalized spacial score (nSPS) is 25.0. The first-order chi connectivity index (χ1) is 16.0. The third-order valence-corrected chi connectivity index (χ3v) is 6.71. The van der Waals surface area contributed by atoms with Crippen LogP contribution in [-0.4, -0.2) is 52.7 Å². The van der Waals surface area contributed by atoms with Gasteiger partial charge in [-0.05, 0) is 37.7 Å². The first kappa shape index (κ1) is 25.3. The van der Waals surface area contributed by atoms with Crippen molar-refractivity contribution >= 4 is 5.91 Å². The van der Waals surface area contributed by atoms with Gasteiger partial charge in [-0.25, -0.2) is 0 Å². The fourth-order valence-electron chi connectivity index (χ4n) is 4.82. The number of aliphatic hydroxyl groups excluding tert-OH is 3. The van der Waals surface area contributed by atoms with Crippen LogP contribution in [-0.2, 0) is 11.2 Å². The van der Waals surface area contributed by atoms with Crippen LogP contribution in [0.1, 0.15) is 63.0 Å². The molecule has 0 unspecified atom stereocenters. The Kier molecular flexibility index (Phi) is 9.37. The third kappa shape index (κ3) is 6.38. The summed E-state index contributed by atoms with van der Waals surface area (Å²) in [5.41, 5.74) is 2.20. The molecule has 0 bridgehead atoms. The maximum atomic E-state index is 11.9. The van der Waals surface area contributed by atoms with Gasteiger partial charge in [-0.1, -0.05) is 37.3 Å². The molecule has 1 amide bonds. The van der Waals surface area contributed by atoms with E-state index in [1.165, 1.54) is 0 Å². The summed E-state index contributed by atoms with van der Waals surface area (Å²) in [4.78, 5) is 11.9. The van der Waals surface area contributed by atoms with Gasteiger partial charge in [0.1, 0.15) is 11.9 Å². The second-order valence-corrected chi connectivity index (χ2v) is 9.16. The fraction of sp³-hybridized carbons (Fsp3) is 0.593. The average molecular weight is 456 g/mol. The molecule has 6 heteroatoms. The van der Waals surface area contributed by atoms with Crippen molar-refractivity contribution in [2.45, 2.75) is 76.6 Å². The number of para-hydroxylation sites is 1. The van der Waals surface area contributed by atoms with E-state index in [9.17, 15) is 15.0 Å². The SMILES string of the molecule is CC#CC[C@@H](C)[C@H](O)C=C[C@@H]1[C@H]2c3cccc(CCCC(=O)NCCCO)c3O[C@H]2C[C@H]1O. The van der Waals surface area contributed by atoms with Gasteiger partial charge >= 0.3 is 0 Å². The molecule has 0 radical (unpaired) electrons. The van der Waals surface area contributed by atoms with Crippen molar-refractivity contribution in [2.24, 2.45) is 11.8 Å². The van der Waals surface area contributed by atoms with E-state index in [0.717, 1.165) is 29.7 Å². The van der Waals surface area contributed by atoms with Crippen LogP contribution in [0.5, 0.6) is 5.75 Å². The second kappa shape index (κ2) is 12.2. The van der Waals surface area contributed by atoms with Crippen molar-refractivity contribution in [1.82, 2.24) is 5.32 Å². The van der Waals surface area contributed by atoms with Crippen LogP contribution >= 0.6 is 0 Å². The molecule has 1 saturated carbocycles. The highest BCUT2D eigenvalue weighted by atomic mass is 16.5. The molecule has 0 saturated heterocycles. The molecule has 2 aliphatic rings. The van der Waals surface area contributed by atoms with Gasteiger partial charge in [0.05, 0.1) is 12.2 Å². The lowest BCUT2D eigenvalue weighted by molar-refractivity contribution is -0.121. The van der Waals surface area contributed by atoms with E-state index in [-0.39, 0.29) is 36.4 Å². The molecule has 3 rings (SSSR count). The number of carbonyl (C=O) groups is 1. The van der Waals surface area contributed by atoms with Crippen molar-refractivity contribution in [1.29, 1.82) is 0 Å². The third-order valence-electron chi connectivity index (χ3n) is 6.71. The fourth-order valence-corrected chi connectivity index (χ4v) is 4.82. The molecule has 1 aromatic carbocycles. The molecule has 1 fully saturated rings. The smallest absolute Gasteiger partial charge is 0.220 e. The lowest BCUT2D eigenvalue weighted by Crippen LogP contribution is -2.24. The number of nitrogens with one attached hydrogen (secondary N) is 1. The summed E-state index contributed by atoms with van der Waals surface area (Å²) in [5.74, 6) is 6.75. The number of hydrogen-bond acceptors (Lipinski definition) is 5. The molecule has 180 valence electrons. The lowest BCUT2D eigenvalue weighted by Gasteiger charge is -2.19. The minimum atomic E-state index is -0.603. The van der Waals surface area contributed by atoms with Gasteiger partial charge in [-0.15, -0.1) is 11.8 Å². The molecule has 6 atom stereocenters.